The summed E-state index contributed by atoms with van der Waals surface area (Å²) < 4.78 is 0. The van der Waals surface area contributed by atoms with Gasteiger partial charge in [0.15, 0.2) is 5.78 Å². The number of hydrogen-bond donors (Lipinski definition) is 2. The number of carbonyl (C=O) groups excluding carboxylic acids is 1. The predicted octanol–water partition coefficient (Wildman–Crippen LogP) is 4.66. The zero-order valence-corrected chi connectivity index (χ0v) is 19.3. The van der Waals surface area contributed by atoms with Crippen molar-refractivity contribution in [3.63, 3.8) is 0 Å². The van der Waals surface area contributed by atoms with Gasteiger partial charge in [-0.25, -0.2) is 4.98 Å². The molecule has 0 unspecified atom stereocenters. The van der Waals surface area contributed by atoms with E-state index in [1.807, 2.05) is 55.4 Å². The monoisotopic (exact) mass is 431 g/mol. The fourth-order valence-electron chi connectivity index (χ4n) is 4.48. The Bertz CT molecular complexity index is 1070. The van der Waals surface area contributed by atoms with E-state index in [-0.39, 0.29) is 5.78 Å². The lowest BCUT2D eigenvalue weighted by molar-refractivity contribution is 0.101. The first-order valence-corrected chi connectivity index (χ1v) is 11.5. The zero-order valence-electron chi connectivity index (χ0n) is 19.3. The summed E-state index contributed by atoms with van der Waals surface area (Å²) in [5.41, 5.74) is 2.92. The van der Waals surface area contributed by atoms with E-state index in [4.69, 9.17) is 9.97 Å². The quantitative estimate of drug-likeness (QED) is 0.506. The van der Waals surface area contributed by atoms with E-state index in [1.54, 1.807) is 6.92 Å². The van der Waals surface area contributed by atoms with Gasteiger partial charge >= 0.3 is 0 Å². The van der Waals surface area contributed by atoms with E-state index in [0.29, 0.717) is 12.0 Å². The molecule has 2 N–H and O–H groups in total. The molecule has 1 aromatic heterocycles. The molecule has 1 fully saturated rings. The van der Waals surface area contributed by atoms with Crippen LogP contribution in [0.15, 0.2) is 48.5 Å². The highest BCUT2D eigenvalue weighted by atomic mass is 16.1. The summed E-state index contributed by atoms with van der Waals surface area (Å²) in [6.07, 6.45) is 4.62. The fourth-order valence-corrected chi connectivity index (χ4v) is 4.48. The van der Waals surface area contributed by atoms with E-state index >= 15 is 0 Å². The highest BCUT2D eigenvalue weighted by Gasteiger charge is 2.22. The second-order valence-corrected chi connectivity index (χ2v) is 9.03. The Morgan fingerprint density at radius 1 is 1.03 bits per heavy atom. The normalized spacial score (nSPS) is 18.5. The van der Waals surface area contributed by atoms with Crippen molar-refractivity contribution < 1.29 is 4.79 Å². The van der Waals surface area contributed by atoms with Crippen LogP contribution < -0.4 is 15.5 Å². The molecule has 4 rings (SSSR count). The van der Waals surface area contributed by atoms with Crippen molar-refractivity contribution in [1.82, 2.24) is 15.3 Å². The number of para-hydroxylation sites is 1. The van der Waals surface area contributed by atoms with Crippen LogP contribution in [0.5, 0.6) is 0 Å². The lowest BCUT2D eigenvalue weighted by atomic mass is 9.86. The van der Waals surface area contributed by atoms with Crippen molar-refractivity contribution >= 4 is 28.5 Å². The van der Waals surface area contributed by atoms with E-state index < -0.39 is 0 Å². The van der Waals surface area contributed by atoms with Crippen molar-refractivity contribution in [3.05, 3.63) is 59.7 Å². The molecule has 0 radical (unpaired) electrons. The van der Waals surface area contributed by atoms with Crippen LogP contribution in [0, 0.1) is 5.92 Å². The first-order chi connectivity index (χ1) is 15.5. The van der Waals surface area contributed by atoms with Gasteiger partial charge in [0.05, 0.1) is 5.52 Å². The molecule has 0 aliphatic heterocycles. The number of rotatable bonds is 8. The van der Waals surface area contributed by atoms with E-state index in [9.17, 15) is 4.79 Å². The van der Waals surface area contributed by atoms with Crippen molar-refractivity contribution in [3.8, 4) is 0 Å². The Balaban J connectivity index is 1.28. The van der Waals surface area contributed by atoms with E-state index in [1.165, 1.54) is 18.4 Å². The van der Waals surface area contributed by atoms with Gasteiger partial charge in [0, 0.05) is 37.6 Å². The molecular weight excluding hydrogens is 398 g/mol. The molecule has 0 atom stereocenters. The van der Waals surface area contributed by atoms with Gasteiger partial charge in [0.1, 0.15) is 5.82 Å². The van der Waals surface area contributed by atoms with Gasteiger partial charge in [0.2, 0.25) is 5.95 Å². The molecule has 1 aliphatic rings. The summed E-state index contributed by atoms with van der Waals surface area (Å²) in [7, 11) is 4.04. The van der Waals surface area contributed by atoms with Crippen LogP contribution in [0.3, 0.4) is 0 Å². The average molecular weight is 432 g/mol. The summed E-state index contributed by atoms with van der Waals surface area (Å²) in [6.45, 7) is 3.43. The Kier molecular flexibility index (Phi) is 7.00. The number of hydrogen-bond acceptors (Lipinski definition) is 6. The van der Waals surface area contributed by atoms with Crippen molar-refractivity contribution in [2.24, 2.45) is 5.92 Å². The topological polar surface area (TPSA) is 70.2 Å². The number of Topliss-reactive ketones (excluding diaryl/α,β-unsaturated/α-hetero) is 1. The molecule has 0 amide bonds. The van der Waals surface area contributed by atoms with Crippen molar-refractivity contribution in [2.75, 3.05) is 30.9 Å². The molecule has 3 aromatic rings. The maximum absolute atomic E-state index is 11.6. The molecule has 6 heteroatoms. The summed E-state index contributed by atoms with van der Waals surface area (Å²) in [5.74, 6) is 2.47. The summed E-state index contributed by atoms with van der Waals surface area (Å²) in [5, 5.41) is 8.24. The smallest absolute Gasteiger partial charge is 0.225 e. The highest BCUT2D eigenvalue weighted by molar-refractivity contribution is 5.94. The number of fused-ring (bicyclic) bond motifs is 1. The van der Waals surface area contributed by atoms with Gasteiger partial charge in [-0.15, -0.1) is 0 Å². The molecule has 1 saturated carbocycles. The third-order valence-electron chi connectivity index (χ3n) is 6.28. The molecule has 0 spiro atoms. The Morgan fingerprint density at radius 2 is 1.81 bits per heavy atom. The Morgan fingerprint density at radius 3 is 2.56 bits per heavy atom. The Labute approximate surface area is 190 Å². The number of nitrogens with zero attached hydrogens (tertiary/aromatic N) is 3. The van der Waals surface area contributed by atoms with Crippen molar-refractivity contribution in [1.29, 1.82) is 0 Å². The molecule has 2 aromatic carbocycles. The molecule has 6 nitrogen and oxygen atoms in total. The number of nitrogens with one attached hydrogen (secondary N) is 2. The summed E-state index contributed by atoms with van der Waals surface area (Å²) in [4.78, 5) is 23.1. The molecule has 1 aliphatic carbocycles. The third-order valence-corrected chi connectivity index (χ3v) is 6.28. The summed E-state index contributed by atoms with van der Waals surface area (Å²) in [6, 6.07) is 16.5. The van der Waals surface area contributed by atoms with Crippen molar-refractivity contribution in [2.45, 2.75) is 45.2 Å². The third kappa shape index (κ3) is 5.43. The fraction of sp³-hybridized carbons (Fsp3) is 0.423. The Hall–Kier alpha value is -2.99. The van der Waals surface area contributed by atoms with Gasteiger partial charge in [-0.3, -0.25) is 4.79 Å². The van der Waals surface area contributed by atoms with E-state index in [0.717, 1.165) is 54.2 Å². The van der Waals surface area contributed by atoms with Crippen LogP contribution in [-0.4, -0.2) is 42.4 Å². The van der Waals surface area contributed by atoms with Gasteiger partial charge in [-0.2, -0.15) is 4.98 Å². The second-order valence-electron chi connectivity index (χ2n) is 9.03. The first kappa shape index (κ1) is 22.2. The standard InChI is InChI=1S/C26H33N5O/c1-18(32)21-8-6-7-20(15-21)17-27-16-19-11-13-22(14-12-19)28-26-29-24-10-5-4-9-23(24)25(30-26)31(2)3/h4-10,15,19,22,27H,11-14,16-17H2,1-3H3,(H,28,29,30)/t19-,22+. The maximum Gasteiger partial charge on any atom is 0.225 e. The van der Waals surface area contributed by atoms with Gasteiger partial charge in [0.25, 0.3) is 0 Å². The van der Waals surface area contributed by atoms with Crippen LogP contribution in [0.4, 0.5) is 11.8 Å². The molecule has 32 heavy (non-hydrogen) atoms. The SMILES string of the molecule is CC(=O)c1cccc(CNC[C@H]2CC[C@@H](Nc3nc(N(C)C)c4ccccc4n3)CC2)c1. The molecule has 1 heterocycles. The lowest BCUT2D eigenvalue weighted by Gasteiger charge is -2.29. The van der Waals surface area contributed by atoms with Crippen LogP contribution in [0.2, 0.25) is 0 Å². The average Bonchev–Trinajstić information content (AvgIpc) is 2.80. The van der Waals surface area contributed by atoms with E-state index in [2.05, 4.69) is 22.8 Å². The van der Waals surface area contributed by atoms with Crippen LogP contribution >= 0.6 is 0 Å². The summed E-state index contributed by atoms with van der Waals surface area (Å²) >= 11 is 0. The zero-order chi connectivity index (χ0) is 22.5. The largest absolute Gasteiger partial charge is 0.362 e. The maximum atomic E-state index is 11.6. The number of benzene rings is 2. The molecule has 0 saturated heterocycles. The second kappa shape index (κ2) is 10.1. The number of carbonyl (C=O) groups is 1. The highest BCUT2D eigenvalue weighted by Crippen LogP contribution is 2.28. The number of anilines is 2. The molecular formula is C26H33N5O. The van der Waals surface area contributed by atoms with Crippen LogP contribution in [-0.2, 0) is 6.54 Å². The van der Waals surface area contributed by atoms with Gasteiger partial charge in [-0.1, -0.05) is 30.3 Å². The van der Waals surface area contributed by atoms with Gasteiger partial charge in [-0.05, 0) is 68.8 Å². The minimum Gasteiger partial charge on any atom is -0.362 e. The van der Waals surface area contributed by atoms with Gasteiger partial charge < -0.3 is 15.5 Å². The van der Waals surface area contributed by atoms with Crippen LogP contribution in [0.25, 0.3) is 10.9 Å². The first-order valence-electron chi connectivity index (χ1n) is 11.5. The van der Waals surface area contributed by atoms with Crippen LogP contribution in [0.1, 0.15) is 48.5 Å². The number of aromatic nitrogens is 2. The minimum atomic E-state index is 0.116. The molecule has 168 valence electrons. The minimum absolute atomic E-state index is 0.116. The number of ketones is 1. The lowest BCUT2D eigenvalue weighted by Crippen LogP contribution is -2.31. The molecule has 0 bridgehead atoms. The predicted molar refractivity (Wildman–Crippen MR) is 131 cm³/mol.